The van der Waals surface area contributed by atoms with Crippen LogP contribution in [0, 0.1) is 11.3 Å². The predicted molar refractivity (Wildman–Crippen MR) is 63.9 cm³/mol. The summed E-state index contributed by atoms with van der Waals surface area (Å²) in [6.45, 7) is 8.85. The Hall–Kier alpha value is -1.12. The molecule has 5 heteroatoms. The van der Waals surface area contributed by atoms with Crippen molar-refractivity contribution in [3.8, 4) is 6.07 Å². The maximum absolute atomic E-state index is 11.2. The number of rotatable bonds is 9. The molecule has 0 saturated heterocycles. The van der Waals surface area contributed by atoms with Crippen molar-refractivity contribution < 1.29 is 4.79 Å². The molecule has 0 unspecified atom stereocenters. The molecule has 0 bridgehead atoms. The fraction of sp³-hybridized carbons (Fsp3) is 0.818. The standard InChI is InChI=1S/C11H22N4O/c1-3-15(4-2)9-8-13-10-11(16)14-7-5-6-12/h13H,3-5,7-10H2,1-2H3,(H,14,16). The summed E-state index contributed by atoms with van der Waals surface area (Å²) in [6.07, 6.45) is 0.366. The quantitative estimate of drug-likeness (QED) is 0.541. The first-order chi connectivity index (χ1) is 7.74. The number of nitrogens with zero attached hydrogens (tertiary/aromatic N) is 2. The minimum absolute atomic E-state index is 0.0465. The van der Waals surface area contributed by atoms with Crippen molar-refractivity contribution in [3.63, 3.8) is 0 Å². The largest absolute Gasteiger partial charge is 0.354 e. The van der Waals surface area contributed by atoms with Crippen molar-refractivity contribution in [2.45, 2.75) is 20.3 Å². The summed E-state index contributed by atoms with van der Waals surface area (Å²) in [4.78, 5) is 13.5. The molecule has 0 atom stereocenters. The van der Waals surface area contributed by atoms with Crippen LogP contribution in [0.15, 0.2) is 0 Å². The van der Waals surface area contributed by atoms with Crippen molar-refractivity contribution in [1.82, 2.24) is 15.5 Å². The molecule has 0 aromatic rings. The molecule has 0 heterocycles. The topological polar surface area (TPSA) is 68.2 Å². The third-order valence-electron chi connectivity index (χ3n) is 2.34. The zero-order valence-corrected chi connectivity index (χ0v) is 10.3. The fourth-order valence-corrected chi connectivity index (χ4v) is 1.30. The monoisotopic (exact) mass is 226 g/mol. The van der Waals surface area contributed by atoms with Gasteiger partial charge in [-0.25, -0.2) is 0 Å². The molecule has 0 aliphatic rings. The van der Waals surface area contributed by atoms with Crippen LogP contribution in [0.4, 0.5) is 0 Å². The minimum Gasteiger partial charge on any atom is -0.354 e. The summed E-state index contributed by atoms with van der Waals surface area (Å²) in [5, 5.41) is 14.0. The highest BCUT2D eigenvalue weighted by Gasteiger charge is 2.01. The third kappa shape index (κ3) is 8.21. The van der Waals surface area contributed by atoms with Crippen molar-refractivity contribution in [2.24, 2.45) is 0 Å². The molecule has 5 nitrogen and oxygen atoms in total. The van der Waals surface area contributed by atoms with Gasteiger partial charge in [0.2, 0.25) is 5.91 Å². The summed E-state index contributed by atoms with van der Waals surface area (Å²) in [5.41, 5.74) is 0. The molecule has 0 radical (unpaired) electrons. The molecule has 92 valence electrons. The molecule has 0 saturated carbocycles. The Kier molecular flexibility index (Phi) is 9.67. The van der Waals surface area contributed by atoms with E-state index in [1.54, 1.807) is 0 Å². The number of carbonyl (C=O) groups is 1. The van der Waals surface area contributed by atoms with Gasteiger partial charge in [-0.2, -0.15) is 5.26 Å². The third-order valence-corrected chi connectivity index (χ3v) is 2.34. The Bertz CT molecular complexity index is 221. The second kappa shape index (κ2) is 10.4. The Morgan fingerprint density at radius 1 is 1.31 bits per heavy atom. The van der Waals surface area contributed by atoms with Crippen LogP contribution in [0.2, 0.25) is 0 Å². The van der Waals surface area contributed by atoms with E-state index in [-0.39, 0.29) is 5.91 Å². The van der Waals surface area contributed by atoms with Crippen LogP contribution in [-0.4, -0.2) is 50.1 Å². The van der Waals surface area contributed by atoms with E-state index in [0.29, 0.717) is 19.5 Å². The maximum atomic E-state index is 11.2. The van der Waals surface area contributed by atoms with Crippen LogP contribution in [0.25, 0.3) is 0 Å². The molecule has 0 aromatic carbocycles. The lowest BCUT2D eigenvalue weighted by molar-refractivity contribution is -0.120. The minimum atomic E-state index is -0.0465. The summed E-state index contributed by atoms with van der Waals surface area (Å²) in [7, 11) is 0. The van der Waals surface area contributed by atoms with E-state index in [4.69, 9.17) is 5.26 Å². The predicted octanol–water partition coefficient (Wildman–Crippen LogP) is -0.0523. The summed E-state index contributed by atoms with van der Waals surface area (Å²) in [5.74, 6) is -0.0465. The highest BCUT2D eigenvalue weighted by molar-refractivity contribution is 5.77. The summed E-state index contributed by atoms with van der Waals surface area (Å²) in [6, 6.07) is 1.98. The molecule has 2 N–H and O–H groups in total. The summed E-state index contributed by atoms with van der Waals surface area (Å²) >= 11 is 0. The highest BCUT2D eigenvalue weighted by Crippen LogP contribution is 1.83. The van der Waals surface area contributed by atoms with Gasteiger partial charge in [0.25, 0.3) is 0 Å². The number of hydrogen-bond donors (Lipinski definition) is 2. The zero-order valence-electron chi connectivity index (χ0n) is 10.3. The van der Waals surface area contributed by atoms with Gasteiger partial charge in [0.15, 0.2) is 0 Å². The Morgan fingerprint density at radius 3 is 2.56 bits per heavy atom. The lowest BCUT2D eigenvalue weighted by atomic mass is 10.4. The van der Waals surface area contributed by atoms with E-state index >= 15 is 0 Å². The maximum Gasteiger partial charge on any atom is 0.233 e. The number of amides is 1. The first-order valence-electron chi connectivity index (χ1n) is 5.81. The van der Waals surface area contributed by atoms with Crippen molar-refractivity contribution in [1.29, 1.82) is 5.26 Å². The van der Waals surface area contributed by atoms with Crippen LogP contribution in [0.1, 0.15) is 20.3 Å². The zero-order chi connectivity index (χ0) is 12.2. The first-order valence-corrected chi connectivity index (χ1v) is 5.81. The number of likely N-dealkylation sites (N-methyl/N-ethyl adjacent to an activating group) is 1. The fourth-order valence-electron chi connectivity index (χ4n) is 1.30. The number of hydrogen-bond acceptors (Lipinski definition) is 4. The van der Waals surface area contributed by atoms with Gasteiger partial charge < -0.3 is 15.5 Å². The molecular weight excluding hydrogens is 204 g/mol. The molecular formula is C11H22N4O. The average molecular weight is 226 g/mol. The average Bonchev–Trinajstić information content (AvgIpc) is 2.30. The van der Waals surface area contributed by atoms with Gasteiger partial charge in [-0.3, -0.25) is 4.79 Å². The second-order valence-electron chi connectivity index (χ2n) is 3.46. The van der Waals surface area contributed by atoms with E-state index in [1.165, 1.54) is 0 Å². The molecule has 0 fully saturated rings. The van der Waals surface area contributed by atoms with Crippen LogP contribution < -0.4 is 10.6 Å². The van der Waals surface area contributed by atoms with E-state index in [2.05, 4.69) is 29.4 Å². The van der Waals surface area contributed by atoms with Gasteiger partial charge in [0, 0.05) is 19.6 Å². The van der Waals surface area contributed by atoms with Gasteiger partial charge in [-0.1, -0.05) is 13.8 Å². The normalized spacial score (nSPS) is 10.1. The number of carbonyl (C=O) groups excluding carboxylic acids is 1. The SMILES string of the molecule is CCN(CC)CCNCC(=O)NCCC#N. The van der Waals surface area contributed by atoms with Gasteiger partial charge in [0.1, 0.15) is 0 Å². The van der Waals surface area contributed by atoms with E-state index in [1.807, 2.05) is 6.07 Å². The van der Waals surface area contributed by atoms with Gasteiger partial charge in [0.05, 0.1) is 19.0 Å². The molecule has 0 spiro atoms. The Morgan fingerprint density at radius 2 is 2.00 bits per heavy atom. The van der Waals surface area contributed by atoms with E-state index in [0.717, 1.165) is 26.2 Å². The van der Waals surface area contributed by atoms with Crippen LogP contribution in [0.5, 0.6) is 0 Å². The molecule has 1 amide bonds. The molecule has 0 rings (SSSR count). The molecule has 0 aromatic heterocycles. The highest BCUT2D eigenvalue weighted by atomic mass is 16.1. The second-order valence-corrected chi connectivity index (χ2v) is 3.46. The Labute approximate surface area is 97.8 Å². The molecule has 16 heavy (non-hydrogen) atoms. The van der Waals surface area contributed by atoms with Crippen molar-refractivity contribution in [2.75, 3.05) is 39.3 Å². The smallest absolute Gasteiger partial charge is 0.233 e. The van der Waals surface area contributed by atoms with Gasteiger partial charge >= 0.3 is 0 Å². The summed E-state index contributed by atoms with van der Waals surface area (Å²) < 4.78 is 0. The number of nitriles is 1. The lowest BCUT2D eigenvalue weighted by Gasteiger charge is -2.17. The van der Waals surface area contributed by atoms with Crippen LogP contribution >= 0.6 is 0 Å². The van der Waals surface area contributed by atoms with Crippen LogP contribution in [0.3, 0.4) is 0 Å². The molecule has 0 aliphatic heterocycles. The number of nitrogens with one attached hydrogen (secondary N) is 2. The van der Waals surface area contributed by atoms with E-state index in [9.17, 15) is 4.79 Å². The lowest BCUT2D eigenvalue weighted by Crippen LogP contribution is -2.38. The van der Waals surface area contributed by atoms with Crippen molar-refractivity contribution >= 4 is 5.91 Å². The van der Waals surface area contributed by atoms with Gasteiger partial charge in [-0.05, 0) is 13.1 Å². The van der Waals surface area contributed by atoms with Crippen LogP contribution in [-0.2, 0) is 4.79 Å². The molecule has 0 aliphatic carbocycles. The Balaban J connectivity index is 3.37. The van der Waals surface area contributed by atoms with Crippen molar-refractivity contribution in [3.05, 3.63) is 0 Å². The van der Waals surface area contributed by atoms with Gasteiger partial charge in [-0.15, -0.1) is 0 Å². The van der Waals surface area contributed by atoms with E-state index < -0.39 is 0 Å². The first kappa shape index (κ1) is 14.9.